The lowest BCUT2D eigenvalue weighted by Crippen LogP contribution is -2.29. The highest BCUT2D eigenvalue weighted by Gasteiger charge is 2.19. The van der Waals surface area contributed by atoms with E-state index in [2.05, 4.69) is 23.6 Å². The Labute approximate surface area is 115 Å². The van der Waals surface area contributed by atoms with E-state index in [-0.39, 0.29) is 0 Å². The van der Waals surface area contributed by atoms with Crippen LogP contribution < -0.4 is 4.74 Å². The quantitative estimate of drug-likeness (QED) is 0.704. The summed E-state index contributed by atoms with van der Waals surface area (Å²) in [5.41, 5.74) is 1.23. The van der Waals surface area contributed by atoms with Gasteiger partial charge >= 0.3 is 0 Å². The van der Waals surface area contributed by atoms with Gasteiger partial charge in [-0.25, -0.2) is 0 Å². The summed E-state index contributed by atoms with van der Waals surface area (Å²) in [5.74, 6) is 1.61. The third-order valence-electron chi connectivity index (χ3n) is 3.51. The van der Waals surface area contributed by atoms with Gasteiger partial charge in [0.1, 0.15) is 5.75 Å². The van der Waals surface area contributed by atoms with Crippen molar-refractivity contribution in [3.63, 3.8) is 0 Å². The maximum absolute atomic E-state index is 5.45. The zero-order chi connectivity index (χ0) is 13.5. The Kier molecular flexibility index (Phi) is 5.43. The summed E-state index contributed by atoms with van der Waals surface area (Å²) in [6, 6.07) is 8.20. The molecule has 0 amide bonds. The fourth-order valence-corrected chi connectivity index (χ4v) is 2.55. The molecule has 0 N–H and O–H groups in total. The highest BCUT2D eigenvalue weighted by atomic mass is 16.5. The number of hydrogen-bond acceptors (Lipinski definition) is 3. The van der Waals surface area contributed by atoms with Crippen molar-refractivity contribution in [1.29, 1.82) is 0 Å². The molecule has 1 aliphatic heterocycles. The molecule has 3 heteroatoms. The fourth-order valence-electron chi connectivity index (χ4n) is 2.55. The fraction of sp³-hybridized carbons (Fsp3) is 0.500. The van der Waals surface area contributed by atoms with Crippen molar-refractivity contribution in [1.82, 2.24) is 4.90 Å². The van der Waals surface area contributed by atoms with Crippen LogP contribution in [0.15, 0.2) is 36.9 Å². The lowest BCUT2D eigenvalue weighted by atomic mass is 10.1. The Morgan fingerprint density at radius 3 is 3.00 bits per heavy atom. The van der Waals surface area contributed by atoms with Crippen LogP contribution in [0.3, 0.4) is 0 Å². The Hall–Kier alpha value is -1.32. The first kappa shape index (κ1) is 14.1. The molecule has 0 aromatic heterocycles. The van der Waals surface area contributed by atoms with Gasteiger partial charge in [-0.2, -0.15) is 0 Å². The minimum atomic E-state index is 0.648. The number of para-hydroxylation sites is 1. The maximum atomic E-state index is 5.45. The number of benzene rings is 1. The van der Waals surface area contributed by atoms with Crippen LogP contribution in [0.5, 0.6) is 5.75 Å². The van der Waals surface area contributed by atoms with Gasteiger partial charge in [0.15, 0.2) is 0 Å². The number of hydrogen-bond donors (Lipinski definition) is 0. The van der Waals surface area contributed by atoms with Crippen LogP contribution in [0.2, 0.25) is 0 Å². The topological polar surface area (TPSA) is 21.7 Å². The van der Waals surface area contributed by atoms with E-state index in [0.717, 1.165) is 38.6 Å². The Morgan fingerprint density at radius 1 is 1.47 bits per heavy atom. The van der Waals surface area contributed by atoms with E-state index in [1.807, 2.05) is 18.2 Å². The van der Waals surface area contributed by atoms with Gasteiger partial charge in [0.2, 0.25) is 0 Å². The molecule has 1 saturated heterocycles. The molecule has 1 aromatic carbocycles. The molecule has 0 aliphatic carbocycles. The lowest BCUT2D eigenvalue weighted by Gasteiger charge is -2.24. The molecule has 1 aromatic rings. The molecule has 0 spiro atoms. The summed E-state index contributed by atoms with van der Waals surface area (Å²) in [4.78, 5) is 2.41. The summed E-state index contributed by atoms with van der Waals surface area (Å²) in [6.45, 7) is 8.50. The van der Waals surface area contributed by atoms with Crippen LogP contribution in [-0.2, 0) is 11.3 Å². The first-order chi connectivity index (χ1) is 9.33. The molecule has 2 rings (SSSR count). The summed E-state index contributed by atoms with van der Waals surface area (Å²) < 4.78 is 10.9. The average molecular weight is 261 g/mol. The second kappa shape index (κ2) is 7.31. The van der Waals surface area contributed by atoms with Gasteiger partial charge in [-0.3, -0.25) is 4.90 Å². The van der Waals surface area contributed by atoms with E-state index in [1.165, 1.54) is 12.0 Å². The highest BCUT2D eigenvalue weighted by molar-refractivity contribution is 5.33. The molecular weight excluding hydrogens is 238 g/mol. The summed E-state index contributed by atoms with van der Waals surface area (Å²) >= 11 is 0. The molecule has 1 atom stereocenters. The molecule has 1 aliphatic rings. The van der Waals surface area contributed by atoms with E-state index in [4.69, 9.17) is 9.47 Å². The highest BCUT2D eigenvalue weighted by Crippen LogP contribution is 2.21. The number of methoxy groups -OCH3 is 1. The number of rotatable bonds is 7. The third-order valence-corrected chi connectivity index (χ3v) is 3.51. The molecular formula is C16H23NO2. The predicted octanol–water partition coefficient (Wildman–Crippen LogP) is 2.72. The van der Waals surface area contributed by atoms with Gasteiger partial charge in [-0.05, 0) is 18.4 Å². The molecule has 0 saturated carbocycles. The van der Waals surface area contributed by atoms with E-state index in [0.29, 0.717) is 5.92 Å². The summed E-state index contributed by atoms with van der Waals surface area (Å²) in [6.07, 6.45) is 3.13. The van der Waals surface area contributed by atoms with Crippen LogP contribution in [0.25, 0.3) is 0 Å². The van der Waals surface area contributed by atoms with Crippen molar-refractivity contribution in [2.75, 3.05) is 33.4 Å². The van der Waals surface area contributed by atoms with Gasteiger partial charge < -0.3 is 9.47 Å². The number of nitrogens with zero attached hydrogens (tertiary/aromatic N) is 1. The van der Waals surface area contributed by atoms with Gasteiger partial charge in [-0.1, -0.05) is 24.3 Å². The van der Waals surface area contributed by atoms with Gasteiger partial charge in [-0.15, -0.1) is 6.58 Å². The van der Waals surface area contributed by atoms with Crippen molar-refractivity contribution >= 4 is 0 Å². The normalized spacial score (nSPS) is 18.7. The molecule has 19 heavy (non-hydrogen) atoms. The zero-order valence-electron chi connectivity index (χ0n) is 11.7. The lowest BCUT2D eigenvalue weighted by molar-refractivity contribution is 0.168. The first-order valence-electron chi connectivity index (χ1n) is 6.86. The second-order valence-corrected chi connectivity index (χ2v) is 5.02. The van der Waals surface area contributed by atoms with Crippen LogP contribution in [0, 0.1) is 5.92 Å². The van der Waals surface area contributed by atoms with Crippen LogP contribution >= 0.6 is 0 Å². The second-order valence-electron chi connectivity index (χ2n) is 5.02. The average Bonchev–Trinajstić information content (AvgIpc) is 2.92. The van der Waals surface area contributed by atoms with Gasteiger partial charge in [0, 0.05) is 31.8 Å². The predicted molar refractivity (Wildman–Crippen MR) is 77.4 cm³/mol. The van der Waals surface area contributed by atoms with Gasteiger partial charge in [0.25, 0.3) is 0 Å². The van der Waals surface area contributed by atoms with E-state index in [1.54, 1.807) is 7.11 Å². The monoisotopic (exact) mass is 261 g/mol. The Morgan fingerprint density at radius 2 is 2.32 bits per heavy atom. The van der Waals surface area contributed by atoms with Crippen LogP contribution in [0.1, 0.15) is 12.0 Å². The minimum Gasteiger partial charge on any atom is -0.496 e. The molecule has 1 fully saturated rings. The summed E-state index contributed by atoms with van der Waals surface area (Å²) in [7, 11) is 1.72. The third kappa shape index (κ3) is 4.08. The number of ether oxygens (including phenoxy) is 2. The van der Waals surface area contributed by atoms with Crippen LogP contribution in [-0.4, -0.2) is 38.3 Å². The van der Waals surface area contributed by atoms with E-state index < -0.39 is 0 Å². The Bertz CT molecular complexity index is 399. The smallest absolute Gasteiger partial charge is 0.123 e. The van der Waals surface area contributed by atoms with E-state index in [9.17, 15) is 0 Å². The van der Waals surface area contributed by atoms with E-state index >= 15 is 0 Å². The van der Waals surface area contributed by atoms with Crippen LogP contribution in [0.4, 0.5) is 0 Å². The largest absolute Gasteiger partial charge is 0.496 e. The maximum Gasteiger partial charge on any atom is 0.123 e. The molecule has 1 unspecified atom stereocenters. The molecule has 1 heterocycles. The van der Waals surface area contributed by atoms with Crippen molar-refractivity contribution in [3.8, 4) is 5.75 Å². The van der Waals surface area contributed by atoms with Crippen molar-refractivity contribution in [3.05, 3.63) is 42.5 Å². The van der Waals surface area contributed by atoms with Crippen molar-refractivity contribution in [2.24, 2.45) is 5.92 Å². The molecule has 3 nitrogen and oxygen atoms in total. The SMILES string of the molecule is C=CCN(Cc1ccccc1OC)CC1CCOC1. The van der Waals surface area contributed by atoms with Gasteiger partial charge in [0.05, 0.1) is 13.7 Å². The standard InChI is InChI=1S/C16H23NO2/c1-3-9-17(11-14-8-10-19-13-14)12-15-6-4-5-7-16(15)18-2/h3-7,14H,1,8-13H2,2H3. The Balaban J connectivity index is 2.00. The minimum absolute atomic E-state index is 0.648. The molecule has 0 bridgehead atoms. The van der Waals surface area contributed by atoms with Crippen molar-refractivity contribution in [2.45, 2.75) is 13.0 Å². The van der Waals surface area contributed by atoms with Crippen molar-refractivity contribution < 1.29 is 9.47 Å². The molecule has 104 valence electrons. The summed E-state index contributed by atoms with van der Waals surface area (Å²) in [5, 5.41) is 0. The molecule has 0 radical (unpaired) electrons. The zero-order valence-corrected chi connectivity index (χ0v) is 11.7. The first-order valence-corrected chi connectivity index (χ1v) is 6.86.